The lowest BCUT2D eigenvalue weighted by molar-refractivity contribution is -0.122. The van der Waals surface area contributed by atoms with Crippen LogP contribution in [0, 0.1) is 11.8 Å². The lowest BCUT2D eigenvalue weighted by Crippen LogP contribution is -2.43. The van der Waals surface area contributed by atoms with Gasteiger partial charge in [0.1, 0.15) is 0 Å². The van der Waals surface area contributed by atoms with Gasteiger partial charge in [-0.1, -0.05) is 0 Å². The molecule has 2 saturated carbocycles. The van der Waals surface area contributed by atoms with E-state index in [0.29, 0.717) is 18.3 Å². The highest BCUT2D eigenvalue weighted by Gasteiger charge is 2.41. The van der Waals surface area contributed by atoms with Crippen LogP contribution in [0.1, 0.15) is 38.5 Å². The van der Waals surface area contributed by atoms with Crippen LogP contribution >= 0.6 is 0 Å². The second-order valence-electron chi connectivity index (χ2n) is 5.84. The molecule has 0 spiro atoms. The molecule has 1 amide bonds. The summed E-state index contributed by atoms with van der Waals surface area (Å²) >= 11 is 0. The van der Waals surface area contributed by atoms with Gasteiger partial charge in [-0.2, -0.15) is 0 Å². The number of rotatable bonds is 5. The molecule has 0 aromatic rings. The monoisotopic (exact) mass is 238 g/mol. The Kier molecular flexibility index (Phi) is 3.09. The fourth-order valence-corrected chi connectivity index (χ4v) is 2.83. The molecule has 0 radical (unpaired) electrons. The van der Waals surface area contributed by atoms with Crippen molar-refractivity contribution in [2.45, 2.75) is 56.7 Å². The zero-order valence-electron chi connectivity index (χ0n) is 10.2. The van der Waals surface area contributed by atoms with E-state index >= 15 is 0 Å². The van der Waals surface area contributed by atoms with Gasteiger partial charge in [-0.15, -0.1) is 0 Å². The van der Waals surface area contributed by atoms with E-state index in [9.17, 15) is 4.79 Å². The van der Waals surface area contributed by atoms with Crippen LogP contribution in [-0.2, 0) is 9.53 Å². The van der Waals surface area contributed by atoms with Crippen LogP contribution in [0.2, 0.25) is 0 Å². The fourth-order valence-electron chi connectivity index (χ4n) is 2.83. The second-order valence-corrected chi connectivity index (χ2v) is 5.84. The second kappa shape index (κ2) is 4.58. The third-order valence-electron chi connectivity index (χ3n) is 4.22. The maximum absolute atomic E-state index is 11.9. The first-order valence-corrected chi connectivity index (χ1v) is 6.90. The van der Waals surface area contributed by atoms with E-state index in [1.165, 1.54) is 25.7 Å². The van der Waals surface area contributed by atoms with Crippen LogP contribution in [-0.4, -0.2) is 30.7 Å². The maximum Gasteiger partial charge on any atom is 0.221 e. The van der Waals surface area contributed by atoms with E-state index in [-0.39, 0.29) is 24.1 Å². The Bertz CT molecular complexity index is 300. The number of hydrogen-bond donors (Lipinski definition) is 2. The number of amides is 1. The molecule has 1 saturated heterocycles. The molecular formula is C13H22N2O2. The standard InChI is InChI=1S/C13H22N2O2/c14-10(8-1-2-8)7-12(16)15-11-5-6-17-13(11)9-3-4-9/h8-11,13H,1-7,14H2,(H,15,16). The Morgan fingerprint density at radius 1 is 1.29 bits per heavy atom. The average Bonchev–Trinajstić information content (AvgIpc) is 3.18. The number of ether oxygens (including phenoxy) is 1. The Balaban J connectivity index is 1.46. The normalized spacial score (nSPS) is 34.6. The molecule has 1 heterocycles. The van der Waals surface area contributed by atoms with Gasteiger partial charge < -0.3 is 15.8 Å². The number of carbonyl (C=O) groups excluding carboxylic acids is 1. The van der Waals surface area contributed by atoms with Crippen molar-refractivity contribution < 1.29 is 9.53 Å². The third kappa shape index (κ3) is 2.80. The molecule has 2 aliphatic carbocycles. The first-order valence-electron chi connectivity index (χ1n) is 6.90. The van der Waals surface area contributed by atoms with E-state index in [2.05, 4.69) is 5.32 Å². The molecule has 4 heteroatoms. The number of nitrogens with one attached hydrogen (secondary N) is 1. The van der Waals surface area contributed by atoms with Crippen molar-refractivity contribution in [1.29, 1.82) is 0 Å². The van der Waals surface area contributed by atoms with Crippen LogP contribution in [0.4, 0.5) is 0 Å². The lowest BCUT2D eigenvalue weighted by atomic mass is 10.0. The highest BCUT2D eigenvalue weighted by atomic mass is 16.5. The molecule has 3 fully saturated rings. The minimum Gasteiger partial charge on any atom is -0.376 e. The van der Waals surface area contributed by atoms with Crippen molar-refractivity contribution in [1.82, 2.24) is 5.32 Å². The molecule has 1 aliphatic heterocycles. The summed E-state index contributed by atoms with van der Waals surface area (Å²) in [5, 5.41) is 3.12. The van der Waals surface area contributed by atoms with Crippen LogP contribution in [0.5, 0.6) is 0 Å². The largest absolute Gasteiger partial charge is 0.376 e. The van der Waals surface area contributed by atoms with Gasteiger partial charge in [0, 0.05) is 19.1 Å². The van der Waals surface area contributed by atoms with Crippen molar-refractivity contribution >= 4 is 5.91 Å². The molecule has 0 aromatic heterocycles. The highest BCUT2D eigenvalue weighted by Crippen LogP contribution is 2.39. The first-order chi connectivity index (χ1) is 8.24. The third-order valence-corrected chi connectivity index (χ3v) is 4.22. The van der Waals surface area contributed by atoms with Crippen molar-refractivity contribution in [3.63, 3.8) is 0 Å². The van der Waals surface area contributed by atoms with Gasteiger partial charge in [-0.05, 0) is 43.9 Å². The van der Waals surface area contributed by atoms with Gasteiger partial charge in [0.2, 0.25) is 5.91 Å². The van der Waals surface area contributed by atoms with E-state index in [1.807, 2.05) is 0 Å². The molecule has 4 nitrogen and oxygen atoms in total. The maximum atomic E-state index is 11.9. The Morgan fingerprint density at radius 2 is 2.06 bits per heavy atom. The number of hydrogen-bond acceptors (Lipinski definition) is 3. The highest BCUT2D eigenvalue weighted by molar-refractivity contribution is 5.77. The van der Waals surface area contributed by atoms with Crippen molar-refractivity contribution in [3.8, 4) is 0 Å². The minimum atomic E-state index is 0.0664. The summed E-state index contributed by atoms with van der Waals surface area (Å²) in [6.07, 6.45) is 6.65. The molecule has 0 aromatic carbocycles. The summed E-state index contributed by atoms with van der Waals surface area (Å²) in [6.45, 7) is 0.792. The summed E-state index contributed by atoms with van der Waals surface area (Å²) in [4.78, 5) is 11.9. The van der Waals surface area contributed by atoms with Gasteiger partial charge in [0.05, 0.1) is 12.1 Å². The number of nitrogens with two attached hydrogens (primary N) is 1. The lowest BCUT2D eigenvalue weighted by Gasteiger charge is -2.20. The molecule has 96 valence electrons. The van der Waals surface area contributed by atoms with E-state index in [4.69, 9.17) is 10.5 Å². The van der Waals surface area contributed by atoms with Crippen molar-refractivity contribution in [2.75, 3.05) is 6.61 Å². The summed E-state index contributed by atoms with van der Waals surface area (Å²) in [7, 11) is 0. The van der Waals surface area contributed by atoms with Crippen molar-refractivity contribution in [2.24, 2.45) is 17.6 Å². The molecule has 0 bridgehead atoms. The van der Waals surface area contributed by atoms with Crippen molar-refractivity contribution in [3.05, 3.63) is 0 Å². The van der Waals surface area contributed by atoms with E-state index in [1.54, 1.807) is 0 Å². The summed E-state index contributed by atoms with van der Waals surface area (Å²) in [6, 6.07) is 0.304. The Hall–Kier alpha value is -0.610. The van der Waals surface area contributed by atoms with Crippen LogP contribution < -0.4 is 11.1 Å². The quantitative estimate of drug-likeness (QED) is 0.744. The van der Waals surface area contributed by atoms with E-state index in [0.717, 1.165) is 13.0 Å². The fraction of sp³-hybridized carbons (Fsp3) is 0.923. The zero-order chi connectivity index (χ0) is 11.8. The van der Waals surface area contributed by atoms with E-state index < -0.39 is 0 Å². The topological polar surface area (TPSA) is 64.4 Å². The SMILES string of the molecule is NC(CC(=O)NC1CCOC1C1CC1)C1CC1. The molecule has 3 N–H and O–H groups in total. The Morgan fingerprint density at radius 3 is 2.71 bits per heavy atom. The molecule has 3 aliphatic rings. The average molecular weight is 238 g/mol. The molecule has 17 heavy (non-hydrogen) atoms. The molecule has 3 rings (SSSR count). The number of carbonyl (C=O) groups is 1. The van der Waals surface area contributed by atoms with Gasteiger partial charge in [-0.3, -0.25) is 4.79 Å². The van der Waals surface area contributed by atoms with Gasteiger partial charge in [0.25, 0.3) is 0 Å². The molecule has 3 atom stereocenters. The van der Waals surface area contributed by atoms with Crippen LogP contribution in [0.25, 0.3) is 0 Å². The minimum absolute atomic E-state index is 0.0664. The van der Waals surface area contributed by atoms with Crippen LogP contribution in [0.15, 0.2) is 0 Å². The molecule has 3 unspecified atom stereocenters. The predicted molar refractivity (Wildman–Crippen MR) is 64.3 cm³/mol. The van der Waals surface area contributed by atoms with Gasteiger partial charge >= 0.3 is 0 Å². The predicted octanol–water partition coefficient (Wildman–Crippen LogP) is 0.797. The summed E-state index contributed by atoms with van der Waals surface area (Å²) in [5.74, 6) is 1.41. The first kappa shape index (κ1) is 11.5. The summed E-state index contributed by atoms with van der Waals surface area (Å²) in [5.41, 5.74) is 5.97. The van der Waals surface area contributed by atoms with Crippen LogP contribution in [0.3, 0.4) is 0 Å². The molecular weight excluding hydrogens is 216 g/mol. The van der Waals surface area contributed by atoms with Gasteiger partial charge in [0.15, 0.2) is 0 Å². The zero-order valence-corrected chi connectivity index (χ0v) is 10.2. The Labute approximate surface area is 102 Å². The van der Waals surface area contributed by atoms with Gasteiger partial charge in [-0.25, -0.2) is 0 Å². The smallest absolute Gasteiger partial charge is 0.221 e. The summed E-state index contributed by atoms with van der Waals surface area (Å²) < 4.78 is 5.71.